The van der Waals surface area contributed by atoms with Gasteiger partial charge in [-0.05, 0) is 51.5 Å². The van der Waals surface area contributed by atoms with Crippen molar-refractivity contribution in [1.82, 2.24) is 0 Å². The molecule has 0 aliphatic heterocycles. The molecule has 1 nitrogen and oxygen atoms in total. The van der Waals surface area contributed by atoms with Crippen molar-refractivity contribution in [1.29, 1.82) is 0 Å². The summed E-state index contributed by atoms with van der Waals surface area (Å²) in [6.45, 7) is 0. The molecule has 0 amide bonds. The van der Waals surface area contributed by atoms with E-state index in [4.69, 9.17) is 5.73 Å². The van der Waals surface area contributed by atoms with E-state index in [0.717, 1.165) is 16.9 Å². The molecule has 2 rings (SSSR count). The Morgan fingerprint density at radius 3 is 2.81 bits per heavy atom. The fourth-order valence-corrected chi connectivity index (χ4v) is 2.68. The Morgan fingerprint density at radius 1 is 1.38 bits per heavy atom. The molecule has 1 atom stereocenters. The maximum atomic E-state index is 13.0. The molecule has 1 aromatic carbocycles. The molecule has 16 heavy (non-hydrogen) atoms. The van der Waals surface area contributed by atoms with Crippen LogP contribution in [-0.4, -0.2) is 0 Å². The summed E-state index contributed by atoms with van der Waals surface area (Å²) in [5, 5.41) is 2.01. The zero-order valence-electron chi connectivity index (χ0n) is 8.49. The van der Waals surface area contributed by atoms with E-state index in [1.807, 2.05) is 17.5 Å². The molecule has 1 unspecified atom stereocenters. The smallest absolute Gasteiger partial charge is 0.137 e. The molecule has 0 radical (unpaired) electrons. The predicted octanol–water partition coefficient (Wildman–Crippen LogP) is 3.89. The minimum absolute atomic E-state index is 0.0163. The Kier molecular flexibility index (Phi) is 3.74. The van der Waals surface area contributed by atoms with Crippen molar-refractivity contribution in [3.05, 3.63) is 56.4 Å². The standard InChI is InChI=1S/C12H11BrFNS/c13-9-6-8(3-4-10(9)14)7-11(15)12-2-1-5-16-12/h1-6,11H,7,15H2. The molecule has 2 aromatic rings. The van der Waals surface area contributed by atoms with Crippen LogP contribution in [0.25, 0.3) is 0 Å². The third-order valence-electron chi connectivity index (χ3n) is 2.35. The number of halogens is 2. The lowest BCUT2D eigenvalue weighted by atomic mass is 10.1. The summed E-state index contributed by atoms with van der Waals surface area (Å²) in [6.07, 6.45) is 0.722. The zero-order valence-corrected chi connectivity index (χ0v) is 10.9. The van der Waals surface area contributed by atoms with Crippen LogP contribution in [0.15, 0.2) is 40.2 Å². The molecule has 0 spiro atoms. The molecule has 0 aliphatic rings. The summed E-state index contributed by atoms with van der Waals surface area (Å²) in [5.74, 6) is -0.242. The monoisotopic (exact) mass is 299 g/mol. The van der Waals surface area contributed by atoms with Crippen LogP contribution in [0.1, 0.15) is 16.5 Å². The van der Waals surface area contributed by atoms with E-state index in [-0.39, 0.29) is 11.9 Å². The molecule has 2 N–H and O–H groups in total. The normalized spacial score (nSPS) is 12.7. The van der Waals surface area contributed by atoms with E-state index in [0.29, 0.717) is 4.47 Å². The van der Waals surface area contributed by atoms with Gasteiger partial charge in [-0.1, -0.05) is 12.1 Å². The van der Waals surface area contributed by atoms with E-state index in [2.05, 4.69) is 15.9 Å². The first-order valence-corrected chi connectivity index (χ1v) is 6.57. The number of nitrogens with two attached hydrogens (primary N) is 1. The molecular formula is C12H11BrFNS. The van der Waals surface area contributed by atoms with Gasteiger partial charge in [0.05, 0.1) is 4.47 Å². The van der Waals surface area contributed by atoms with Gasteiger partial charge in [0.15, 0.2) is 0 Å². The van der Waals surface area contributed by atoms with Gasteiger partial charge < -0.3 is 5.73 Å². The lowest BCUT2D eigenvalue weighted by Gasteiger charge is -2.09. The van der Waals surface area contributed by atoms with Gasteiger partial charge in [0.25, 0.3) is 0 Å². The van der Waals surface area contributed by atoms with Crippen LogP contribution >= 0.6 is 27.3 Å². The number of hydrogen-bond acceptors (Lipinski definition) is 2. The second kappa shape index (κ2) is 5.08. The second-order valence-corrected chi connectivity index (χ2v) is 5.41. The van der Waals surface area contributed by atoms with Crippen molar-refractivity contribution >= 4 is 27.3 Å². The van der Waals surface area contributed by atoms with Crippen molar-refractivity contribution < 1.29 is 4.39 Å². The highest BCUT2D eigenvalue weighted by atomic mass is 79.9. The Hall–Kier alpha value is -0.710. The molecule has 0 saturated carbocycles. The van der Waals surface area contributed by atoms with Crippen LogP contribution in [0.5, 0.6) is 0 Å². The number of benzene rings is 1. The summed E-state index contributed by atoms with van der Waals surface area (Å²) in [6, 6.07) is 9.00. The van der Waals surface area contributed by atoms with Gasteiger partial charge in [0.1, 0.15) is 5.82 Å². The van der Waals surface area contributed by atoms with E-state index in [9.17, 15) is 4.39 Å². The molecule has 0 bridgehead atoms. The van der Waals surface area contributed by atoms with Gasteiger partial charge >= 0.3 is 0 Å². The third-order valence-corrected chi connectivity index (χ3v) is 3.96. The van der Waals surface area contributed by atoms with Crippen molar-refractivity contribution in [3.63, 3.8) is 0 Å². The lowest BCUT2D eigenvalue weighted by Crippen LogP contribution is -2.11. The summed E-state index contributed by atoms with van der Waals surface area (Å²) in [4.78, 5) is 1.15. The summed E-state index contributed by atoms with van der Waals surface area (Å²) in [5.41, 5.74) is 7.10. The van der Waals surface area contributed by atoms with E-state index >= 15 is 0 Å². The molecule has 0 fully saturated rings. The summed E-state index contributed by atoms with van der Waals surface area (Å²) >= 11 is 4.82. The predicted molar refractivity (Wildman–Crippen MR) is 69.1 cm³/mol. The average Bonchev–Trinajstić information content (AvgIpc) is 2.77. The molecule has 1 heterocycles. The lowest BCUT2D eigenvalue weighted by molar-refractivity contribution is 0.619. The fourth-order valence-electron chi connectivity index (χ4n) is 1.52. The summed E-state index contributed by atoms with van der Waals surface area (Å²) in [7, 11) is 0. The first kappa shape index (κ1) is 11.8. The van der Waals surface area contributed by atoms with Gasteiger partial charge in [-0.25, -0.2) is 4.39 Å². The quantitative estimate of drug-likeness (QED) is 0.914. The molecule has 4 heteroatoms. The molecular weight excluding hydrogens is 289 g/mol. The maximum Gasteiger partial charge on any atom is 0.137 e. The van der Waals surface area contributed by atoms with Crippen LogP contribution in [0.4, 0.5) is 4.39 Å². The van der Waals surface area contributed by atoms with Crippen molar-refractivity contribution in [3.8, 4) is 0 Å². The Morgan fingerprint density at radius 2 is 2.19 bits per heavy atom. The number of thiophene rings is 1. The third kappa shape index (κ3) is 2.70. The minimum atomic E-state index is -0.242. The number of rotatable bonds is 3. The maximum absolute atomic E-state index is 13.0. The largest absolute Gasteiger partial charge is 0.323 e. The average molecular weight is 300 g/mol. The van der Waals surface area contributed by atoms with Gasteiger partial charge in [0.2, 0.25) is 0 Å². The van der Waals surface area contributed by atoms with Crippen LogP contribution in [-0.2, 0) is 6.42 Å². The minimum Gasteiger partial charge on any atom is -0.323 e. The van der Waals surface area contributed by atoms with E-state index in [1.165, 1.54) is 6.07 Å². The van der Waals surface area contributed by atoms with Gasteiger partial charge in [-0.3, -0.25) is 0 Å². The van der Waals surface area contributed by atoms with Gasteiger partial charge in [-0.2, -0.15) is 0 Å². The summed E-state index contributed by atoms with van der Waals surface area (Å²) < 4.78 is 13.5. The molecule has 0 aliphatic carbocycles. The van der Waals surface area contributed by atoms with Crippen molar-refractivity contribution in [2.24, 2.45) is 5.73 Å². The van der Waals surface area contributed by atoms with Crippen molar-refractivity contribution in [2.75, 3.05) is 0 Å². The first-order valence-electron chi connectivity index (χ1n) is 4.89. The van der Waals surface area contributed by atoms with Gasteiger partial charge in [0, 0.05) is 10.9 Å². The highest BCUT2D eigenvalue weighted by Gasteiger charge is 2.09. The zero-order chi connectivity index (χ0) is 11.5. The molecule has 84 valence electrons. The topological polar surface area (TPSA) is 26.0 Å². The first-order chi connectivity index (χ1) is 7.66. The molecule has 0 saturated heterocycles. The SMILES string of the molecule is NC(Cc1ccc(F)c(Br)c1)c1cccs1. The Labute approximate surface area is 106 Å². The van der Waals surface area contributed by atoms with E-state index in [1.54, 1.807) is 23.5 Å². The van der Waals surface area contributed by atoms with Crippen LogP contribution in [0.3, 0.4) is 0 Å². The van der Waals surface area contributed by atoms with Crippen LogP contribution in [0.2, 0.25) is 0 Å². The highest BCUT2D eigenvalue weighted by molar-refractivity contribution is 9.10. The Balaban J connectivity index is 2.12. The van der Waals surface area contributed by atoms with Crippen LogP contribution < -0.4 is 5.73 Å². The number of hydrogen-bond donors (Lipinski definition) is 1. The second-order valence-electron chi connectivity index (χ2n) is 3.57. The Bertz CT molecular complexity index is 470. The highest BCUT2D eigenvalue weighted by Crippen LogP contribution is 2.23. The van der Waals surface area contributed by atoms with Crippen LogP contribution in [0, 0.1) is 5.82 Å². The molecule has 1 aromatic heterocycles. The fraction of sp³-hybridized carbons (Fsp3) is 0.167. The van der Waals surface area contributed by atoms with Crippen molar-refractivity contribution in [2.45, 2.75) is 12.5 Å². The van der Waals surface area contributed by atoms with Gasteiger partial charge in [-0.15, -0.1) is 11.3 Å². The van der Waals surface area contributed by atoms with E-state index < -0.39 is 0 Å².